The molecule has 0 saturated carbocycles. The summed E-state index contributed by atoms with van der Waals surface area (Å²) >= 11 is 1.66. The summed E-state index contributed by atoms with van der Waals surface area (Å²) < 4.78 is 0. The van der Waals surface area contributed by atoms with E-state index in [-0.39, 0.29) is 10.6 Å². The Morgan fingerprint density at radius 2 is 1.54 bits per heavy atom. The van der Waals surface area contributed by atoms with E-state index in [1.54, 1.807) is 23.5 Å². The Bertz CT molecular complexity index is 878. The van der Waals surface area contributed by atoms with Crippen molar-refractivity contribution >= 4 is 29.2 Å². The summed E-state index contributed by atoms with van der Waals surface area (Å²) in [7, 11) is 0. The molecule has 118 valence electrons. The molecule has 3 aromatic rings. The van der Waals surface area contributed by atoms with Gasteiger partial charge in [0.15, 0.2) is 0 Å². The van der Waals surface area contributed by atoms with Gasteiger partial charge in [-0.1, -0.05) is 48.6 Å². The average molecular weight is 333 g/mol. The highest BCUT2D eigenvalue weighted by atomic mass is 32.1. The Labute approximate surface area is 144 Å². The second kappa shape index (κ2) is 7.53. The van der Waals surface area contributed by atoms with Gasteiger partial charge in [-0.2, -0.15) is 0 Å². The van der Waals surface area contributed by atoms with E-state index in [0.717, 1.165) is 15.3 Å². The third-order valence-corrected chi connectivity index (χ3v) is 4.55. The minimum atomic E-state index is -0.383. The van der Waals surface area contributed by atoms with Crippen molar-refractivity contribution in [1.29, 1.82) is 0 Å². The Balaban J connectivity index is 1.68. The number of non-ortho nitro benzene ring substituents is 1. The molecule has 0 saturated heterocycles. The van der Waals surface area contributed by atoms with Crippen molar-refractivity contribution in [2.24, 2.45) is 0 Å². The molecule has 0 amide bonds. The molecular formula is C20H15NO2S. The molecule has 1 aromatic heterocycles. The van der Waals surface area contributed by atoms with Gasteiger partial charge < -0.3 is 0 Å². The van der Waals surface area contributed by atoms with Crippen molar-refractivity contribution in [2.45, 2.75) is 0 Å². The van der Waals surface area contributed by atoms with E-state index in [1.165, 1.54) is 17.7 Å². The van der Waals surface area contributed by atoms with E-state index in [0.29, 0.717) is 0 Å². The Kier molecular flexibility index (Phi) is 4.99. The smallest absolute Gasteiger partial charge is 0.258 e. The lowest BCUT2D eigenvalue weighted by Crippen LogP contribution is -1.86. The lowest BCUT2D eigenvalue weighted by atomic mass is 10.2. The maximum absolute atomic E-state index is 10.7. The quantitative estimate of drug-likeness (QED) is 0.324. The number of thiophene rings is 1. The van der Waals surface area contributed by atoms with E-state index in [9.17, 15) is 10.1 Å². The number of nitro groups is 1. The third-order valence-electron chi connectivity index (χ3n) is 3.45. The van der Waals surface area contributed by atoms with Crippen LogP contribution in [0.2, 0.25) is 0 Å². The van der Waals surface area contributed by atoms with E-state index in [4.69, 9.17) is 0 Å². The molecule has 0 aliphatic rings. The highest BCUT2D eigenvalue weighted by Crippen LogP contribution is 2.30. The summed E-state index contributed by atoms with van der Waals surface area (Å²) in [6.07, 6.45) is 8.14. The van der Waals surface area contributed by atoms with E-state index >= 15 is 0 Å². The summed E-state index contributed by atoms with van der Waals surface area (Å²) in [5.74, 6) is 0. The fraction of sp³-hybridized carbons (Fsp3) is 0. The van der Waals surface area contributed by atoms with Gasteiger partial charge in [0.25, 0.3) is 5.69 Å². The summed E-state index contributed by atoms with van der Waals surface area (Å²) in [5.41, 5.74) is 2.27. The van der Waals surface area contributed by atoms with Crippen molar-refractivity contribution in [2.75, 3.05) is 0 Å². The minimum Gasteiger partial charge on any atom is -0.258 e. The third kappa shape index (κ3) is 4.06. The molecule has 2 aromatic carbocycles. The van der Waals surface area contributed by atoms with E-state index in [2.05, 4.69) is 24.3 Å². The van der Waals surface area contributed by atoms with Crippen molar-refractivity contribution in [3.05, 3.63) is 99.4 Å². The normalized spacial score (nSPS) is 11.3. The summed E-state index contributed by atoms with van der Waals surface area (Å²) in [6.45, 7) is 0. The molecule has 4 heteroatoms. The maximum Gasteiger partial charge on any atom is 0.269 e. The van der Waals surface area contributed by atoms with Gasteiger partial charge in [-0.3, -0.25) is 10.1 Å². The van der Waals surface area contributed by atoms with Crippen LogP contribution in [0.15, 0.2) is 78.9 Å². The molecule has 0 N–H and O–H groups in total. The largest absolute Gasteiger partial charge is 0.269 e. The molecule has 0 aliphatic carbocycles. The molecule has 24 heavy (non-hydrogen) atoms. The summed E-state index contributed by atoms with van der Waals surface area (Å²) in [4.78, 5) is 12.5. The van der Waals surface area contributed by atoms with Crippen LogP contribution in [0.1, 0.15) is 10.4 Å². The van der Waals surface area contributed by atoms with Crippen molar-refractivity contribution in [3.8, 4) is 10.4 Å². The number of nitrogens with zero attached hydrogens (tertiary/aromatic N) is 1. The maximum atomic E-state index is 10.7. The monoisotopic (exact) mass is 333 g/mol. The van der Waals surface area contributed by atoms with Crippen LogP contribution in [0.3, 0.4) is 0 Å². The minimum absolute atomic E-state index is 0.112. The van der Waals surface area contributed by atoms with Gasteiger partial charge in [0, 0.05) is 21.9 Å². The van der Waals surface area contributed by atoms with Crippen LogP contribution in [-0.2, 0) is 0 Å². The number of rotatable bonds is 5. The second-order valence-corrected chi connectivity index (χ2v) is 6.25. The summed E-state index contributed by atoms with van der Waals surface area (Å²) in [6, 6.07) is 20.9. The predicted molar refractivity (Wildman–Crippen MR) is 101 cm³/mol. The fourth-order valence-corrected chi connectivity index (χ4v) is 3.15. The predicted octanol–water partition coefficient (Wildman–Crippen LogP) is 6.05. The highest BCUT2D eigenvalue weighted by molar-refractivity contribution is 7.16. The zero-order valence-electron chi connectivity index (χ0n) is 12.8. The van der Waals surface area contributed by atoms with Crippen molar-refractivity contribution in [3.63, 3.8) is 0 Å². The zero-order chi connectivity index (χ0) is 16.8. The lowest BCUT2D eigenvalue weighted by Gasteiger charge is -1.96. The molecular weight excluding hydrogens is 318 g/mol. The Morgan fingerprint density at radius 3 is 2.25 bits per heavy atom. The van der Waals surface area contributed by atoms with Gasteiger partial charge >= 0.3 is 0 Å². The number of hydrogen-bond acceptors (Lipinski definition) is 3. The average Bonchev–Trinajstić information content (AvgIpc) is 3.09. The topological polar surface area (TPSA) is 43.1 Å². The molecule has 1 heterocycles. The second-order valence-electron chi connectivity index (χ2n) is 5.13. The van der Waals surface area contributed by atoms with Crippen molar-refractivity contribution < 1.29 is 4.92 Å². The van der Waals surface area contributed by atoms with Gasteiger partial charge in [0.2, 0.25) is 0 Å². The van der Waals surface area contributed by atoms with Gasteiger partial charge in [0.05, 0.1) is 4.92 Å². The van der Waals surface area contributed by atoms with Crippen LogP contribution in [0.25, 0.3) is 22.6 Å². The molecule has 0 bridgehead atoms. The highest BCUT2D eigenvalue weighted by Gasteiger charge is 2.06. The molecule has 0 unspecified atom stereocenters. The first kappa shape index (κ1) is 15.9. The Hall–Kier alpha value is -2.98. The first-order valence-corrected chi connectivity index (χ1v) is 8.28. The first-order chi connectivity index (χ1) is 11.7. The van der Waals surface area contributed by atoms with E-state index in [1.807, 2.05) is 42.5 Å². The molecule has 3 nitrogen and oxygen atoms in total. The number of allylic oxidation sites excluding steroid dienone is 2. The molecule has 3 rings (SSSR count). The fourth-order valence-electron chi connectivity index (χ4n) is 2.23. The van der Waals surface area contributed by atoms with Crippen LogP contribution in [0.5, 0.6) is 0 Å². The molecule has 0 spiro atoms. The van der Waals surface area contributed by atoms with Gasteiger partial charge in [-0.25, -0.2) is 0 Å². The Morgan fingerprint density at radius 1 is 0.833 bits per heavy atom. The SMILES string of the molecule is O=[N+]([O-])c1ccc(-c2ccc(C=CC=Cc3ccccc3)s2)cc1. The van der Waals surface area contributed by atoms with Crippen LogP contribution in [0, 0.1) is 10.1 Å². The summed E-state index contributed by atoms with van der Waals surface area (Å²) in [5, 5.41) is 10.7. The van der Waals surface area contributed by atoms with Crippen LogP contribution >= 0.6 is 11.3 Å². The molecule has 0 aliphatic heterocycles. The van der Waals surface area contributed by atoms with E-state index < -0.39 is 0 Å². The number of benzene rings is 2. The van der Waals surface area contributed by atoms with Crippen molar-refractivity contribution in [1.82, 2.24) is 0 Å². The lowest BCUT2D eigenvalue weighted by molar-refractivity contribution is -0.384. The molecule has 0 fully saturated rings. The van der Waals surface area contributed by atoms with Gasteiger partial charge in [-0.15, -0.1) is 11.3 Å². The van der Waals surface area contributed by atoms with Gasteiger partial charge in [0.1, 0.15) is 0 Å². The van der Waals surface area contributed by atoms with Crippen LogP contribution in [-0.4, -0.2) is 4.92 Å². The molecule has 0 atom stereocenters. The number of nitro benzene ring substituents is 1. The number of hydrogen-bond donors (Lipinski definition) is 0. The molecule has 0 radical (unpaired) electrons. The van der Waals surface area contributed by atoms with Gasteiger partial charge in [-0.05, 0) is 41.5 Å². The zero-order valence-corrected chi connectivity index (χ0v) is 13.6. The first-order valence-electron chi connectivity index (χ1n) is 7.47. The van der Waals surface area contributed by atoms with Crippen LogP contribution < -0.4 is 0 Å². The standard InChI is InChI=1S/C20H15NO2S/c22-21(23)18-12-10-17(11-13-18)20-15-14-19(24-20)9-5-4-8-16-6-2-1-3-7-16/h1-15H. The van der Waals surface area contributed by atoms with Crippen LogP contribution in [0.4, 0.5) is 5.69 Å².